The van der Waals surface area contributed by atoms with Crippen molar-refractivity contribution in [1.29, 1.82) is 0 Å². The summed E-state index contributed by atoms with van der Waals surface area (Å²) in [6.45, 7) is 2.21. The summed E-state index contributed by atoms with van der Waals surface area (Å²) >= 11 is 6.49. The molecule has 4 N–H and O–H groups in total. The summed E-state index contributed by atoms with van der Waals surface area (Å²) in [6.07, 6.45) is 1.73. The van der Waals surface area contributed by atoms with E-state index in [9.17, 15) is 4.79 Å². The Morgan fingerprint density at radius 1 is 1.12 bits per heavy atom. The van der Waals surface area contributed by atoms with E-state index in [1.807, 2.05) is 37.3 Å². The largest absolute Gasteiger partial charge is 0.397 e. The van der Waals surface area contributed by atoms with Gasteiger partial charge in [0.25, 0.3) is 0 Å². The molecule has 0 aliphatic carbocycles. The molecule has 32 heavy (non-hydrogen) atoms. The number of nitrogens with zero attached hydrogens (tertiary/aromatic N) is 3. The topological polar surface area (TPSA) is 106 Å². The summed E-state index contributed by atoms with van der Waals surface area (Å²) in [6, 6.07) is 18.2. The molecular formula is C24H22ClN5O2. The van der Waals surface area contributed by atoms with Gasteiger partial charge in [-0.05, 0) is 48.9 Å². The van der Waals surface area contributed by atoms with E-state index in [0.717, 1.165) is 22.5 Å². The molecule has 0 unspecified atom stereocenters. The van der Waals surface area contributed by atoms with Crippen molar-refractivity contribution >= 4 is 34.4 Å². The molecule has 0 bridgehead atoms. The Labute approximate surface area is 190 Å². The molecule has 0 amide bonds. The smallest absolute Gasteiger partial charge is 0.194 e. The molecule has 0 radical (unpaired) electrons. The Morgan fingerprint density at radius 3 is 2.69 bits per heavy atom. The summed E-state index contributed by atoms with van der Waals surface area (Å²) in [7, 11) is 0. The van der Waals surface area contributed by atoms with Gasteiger partial charge in [0.2, 0.25) is 0 Å². The van der Waals surface area contributed by atoms with Crippen molar-refractivity contribution in [2.45, 2.75) is 13.5 Å². The Balaban J connectivity index is 1.61. The molecule has 4 aromatic rings. The van der Waals surface area contributed by atoms with Crippen molar-refractivity contribution in [2.75, 3.05) is 17.7 Å². The van der Waals surface area contributed by atoms with E-state index in [1.165, 1.54) is 0 Å². The van der Waals surface area contributed by atoms with Crippen molar-refractivity contribution in [3.63, 3.8) is 0 Å². The second-order valence-electron chi connectivity index (χ2n) is 7.36. The van der Waals surface area contributed by atoms with E-state index in [-0.39, 0.29) is 12.4 Å². The van der Waals surface area contributed by atoms with Gasteiger partial charge in [-0.25, -0.2) is 4.68 Å². The van der Waals surface area contributed by atoms with Gasteiger partial charge in [0.15, 0.2) is 5.78 Å². The first-order valence-electron chi connectivity index (χ1n) is 10.0. The van der Waals surface area contributed by atoms with E-state index in [0.29, 0.717) is 34.1 Å². The number of rotatable bonds is 7. The molecule has 1 aromatic heterocycles. The van der Waals surface area contributed by atoms with Gasteiger partial charge >= 0.3 is 0 Å². The number of hydrogen-bond donors (Lipinski definition) is 3. The quantitative estimate of drug-likeness (QED) is 0.285. The lowest BCUT2D eigenvalue weighted by atomic mass is 9.96. The second-order valence-corrected chi connectivity index (χ2v) is 7.76. The minimum absolute atomic E-state index is 0.0271. The predicted molar refractivity (Wildman–Crippen MR) is 126 cm³/mol. The fraction of sp³-hybridized carbons (Fsp3) is 0.125. The van der Waals surface area contributed by atoms with E-state index in [2.05, 4.69) is 15.6 Å². The number of hydrogen-bond acceptors (Lipinski definition) is 6. The number of anilines is 3. The first kappa shape index (κ1) is 21.5. The monoisotopic (exact) mass is 447 g/mol. The zero-order valence-electron chi connectivity index (χ0n) is 17.4. The predicted octanol–water partition coefficient (Wildman–Crippen LogP) is 4.46. The summed E-state index contributed by atoms with van der Waals surface area (Å²) < 4.78 is 1.55. The molecule has 0 fully saturated rings. The van der Waals surface area contributed by atoms with Gasteiger partial charge in [-0.3, -0.25) is 4.79 Å². The minimum Gasteiger partial charge on any atom is -0.397 e. The highest BCUT2D eigenvalue weighted by Crippen LogP contribution is 2.29. The van der Waals surface area contributed by atoms with Crippen LogP contribution in [-0.4, -0.2) is 32.5 Å². The number of aliphatic hydroxyl groups excluding tert-OH is 1. The number of halogens is 1. The minimum atomic E-state index is -0.178. The van der Waals surface area contributed by atoms with Crippen molar-refractivity contribution in [2.24, 2.45) is 0 Å². The van der Waals surface area contributed by atoms with Crippen LogP contribution < -0.4 is 11.1 Å². The van der Waals surface area contributed by atoms with Crippen LogP contribution >= 0.6 is 11.6 Å². The summed E-state index contributed by atoms with van der Waals surface area (Å²) in [4.78, 5) is 13.3. The van der Waals surface area contributed by atoms with Crippen LogP contribution in [0.15, 0.2) is 66.9 Å². The third kappa shape index (κ3) is 4.49. The molecule has 3 aromatic carbocycles. The number of carbonyl (C=O) groups is 1. The number of aliphatic hydroxyl groups is 1. The third-order valence-electron chi connectivity index (χ3n) is 5.10. The van der Waals surface area contributed by atoms with Crippen LogP contribution in [0.1, 0.15) is 21.5 Å². The molecule has 7 nitrogen and oxygen atoms in total. The van der Waals surface area contributed by atoms with Gasteiger partial charge in [0.1, 0.15) is 5.69 Å². The first-order valence-corrected chi connectivity index (χ1v) is 10.4. The van der Waals surface area contributed by atoms with Crippen molar-refractivity contribution in [3.8, 4) is 11.3 Å². The molecule has 0 saturated carbocycles. The molecular weight excluding hydrogens is 426 g/mol. The van der Waals surface area contributed by atoms with E-state index >= 15 is 0 Å². The highest BCUT2D eigenvalue weighted by molar-refractivity contribution is 6.35. The molecule has 0 spiro atoms. The molecule has 0 aliphatic heterocycles. The summed E-state index contributed by atoms with van der Waals surface area (Å²) in [5, 5.41) is 20.7. The lowest BCUT2D eigenvalue weighted by Crippen LogP contribution is -2.05. The Morgan fingerprint density at radius 2 is 1.94 bits per heavy atom. The maximum Gasteiger partial charge on any atom is 0.194 e. The van der Waals surface area contributed by atoms with Crippen LogP contribution in [0.5, 0.6) is 0 Å². The fourth-order valence-corrected chi connectivity index (χ4v) is 3.62. The van der Waals surface area contributed by atoms with Gasteiger partial charge in [-0.2, -0.15) is 0 Å². The Bertz CT molecular complexity index is 1290. The van der Waals surface area contributed by atoms with Gasteiger partial charge in [0.05, 0.1) is 35.7 Å². The zero-order valence-corrected chi connectivity index (χ0v) is 18.2. The van der Waals surface area contributed by atoms with Crippen LogP contribution in [0.4, 0.5) is 17.1 Å². The lowest BCUT2D eigenvalue weighted by Gasteiger charge is -2.12. The molecule has 0 aliphatic rings. The fourth-order valence-electron chi connectivity index (χ4n) is 3.36. The van der Waals surface area contributed by atoms with Crippen LogP contribution in [0.2, 0.25) is 5.02 Å². The second kappa shape index (κ2) is 9.21. The number of nitrogens with two attached hydrogens (primary N) is 1. The van der Waals surface area contributed by atoms with Crippen molar-refractivity contribution in [1.82, 2.24) is 15.0 Å². The molecule has 0 saturated heterocycles. The number of aryl methyl sites for hydroxylation is 1. The SMILES string of the molecule is Cc1ccc(-c2cn(CCO)nn2)cc1C(=O)c1ccc(Nc2ccccc2N)cc1Cl. The highest BCUT2D eigenvalue weighted by atomic mass is 35.5. The number of aromatic nitrogens is 3. The van der Waals surface area contributed by atoms with Crippen LogP contribution in [0.25, 0.3) is 11.3 Å². The molecule has 4 rings (SSSR count). The van der Waals surface area contributed by atoms with Gasteiger partial charge in [-0.15, -0.1) is 5.10 Å². The Kier molecular flexibility index (Phi) is 6.20. The van der Waals surface area contributed by atoms with Crippen molar-refractivity contribution in [3.05, 3.63) is 88.6 Å². The molecule has 162 valence electrons. The highest BCUT2D eigenvalue weighted by Gasteiger charge is 2.17. The van der Waals surface area contributed by atoms with Gasteiger partial charge in [0, 0.05) is 22.4 Å². The number of nitrogen functional groups attached to an aromatic ring is 1. The molecule has 1 heterocycles. The first-order chi connectivity index (χ1) is 15.5. The Hall–Kier alpha value is -3.68. The number of carbonyl (C=O) groups excluding carboxylic acids is 1. The van der Waals surface area contributed by atoms with Crippen LogP contribution in [0.3, 0.4) is 0 Å². The average Bonchev–Trinajstić information content (AvgIpc) is 3.24. The van der Waals surface area contributed by atoms with E-state index < -0.39 is 0 Å². The number of nitrogens with one attached hydrogen (secondary N) is 1. The molecule has 8 heteroatoms. The number of benzene rings is 3. The summed E-state index contributed by atoms with van der Waals surface area (Å²) in [5.74, 6) is -0.178. The average molecular weight is 448 g/mol. The summed E-state index contributed by atoms with van der Waals surface area (Å²) in [5.41, 5.74) is 11.3. The van der Waals surface area contributed by atoms with Gasteiger partial charge < -0.3 is 16.2 Å². The maximum atomic E-state index is 13.3. The zero-order chi connectivity index (χ0) is 22.7. The maximum absolute atomic E-state index is 13.3. The number of para-hydroxylation sites is 2. The lowest BCUT2D eigenvalue weighted by molar-refractivity contribution is 0.103. The number of ketones is 1. The van der Waals surface area contributed by atoms with Gasteiger partial charge in [-0.1, -0.05) is 41.1 Å². The van der Waals surface area contributed by atoms with Crippen molar-refractivity contribution < 1.29 is 9.90 Å². The standard InChI is InChI=1S/C24H22ClN5O2/c1-15-6-7-16(23-14-30(10-11-31)29-28-23)12-19(15)24(32)18-9-8-17(13-20(18)25)27-22-5-3-2-4-21(22)26/h2-9,12-14,27,31H,10-11,26H2,1H3. The van der Waals surface area contributed by atoms with E-state index in [1.54, 1.807) is 41.2 Å². The third-order valence-corrected chi connectivity index (χ3v) is 5.41. The molecule has 0 atom stereocenters. The normalized spacial score (nSPS) is 10.8. The van der Waals surface area contributed by atoms with Crippen LogP contribution in [0, 0.1) is 6.92 Å². The van der Waals surface area contributed by atoms with E-state index in [4.69, 9.17) is 22.4 Å². The van der Waals surface area contributed by atoms with Crippen LogP contribution in [-0.2, 0) is 6.54 Å².